The maximum absolute atomic E-state index is 5.48. The van der Waals surface area contributed by atoms with E-state index in [1.54, 1.807) is 0 Å². The summed E-state index contributed by atoms with van der Waals surface area (Å²) in [5.41, 5.74) is 20.2. The summed E-state index contributed by atoms with van der Waals surface area (Å²) in [6.07, 6.45) is 0. The van der Waals surface area contributed by atoms with Crippen molar-refractivity contribution in [3.63, 3.8) is 0 Å². The zero-order valence-corrected chi connectivity index (χ0v) is 51.9. The zero-order chi connectivity index (χ0) is 63.0. The van der Waals surface area contributed by atoms with Gasteiger partial charge in [-0.15, -0.1) is 0 Å². The topological polar surface area (TPSA) is 58.4 Å². The first-order valence-electron chi connectivity index (χ1n) is 32.8. The fourth-order valence-electron chi connectivity index (χ4n) is 15.7. The highest BCUT2D eigenvalue weighted by atomic mass is 15.1. The standard InChI is InChI=1S/C89H55N7/c1-3-27-58(28-4-1)87-90-88(59-29-5-2-6-30-59)92-89(91-87)62-53-65(93-76-46-16-11-39-71(76)72-40-12-17-47-77(72)93)55-66(54-62)96-80-50-20-15-43-75(80)83-85-81(73-41-13-18-48-78(73)94(85)63-35-21-33-60(51-63)69-44-23-31-56-25-7-9-37-67(56)69)84-82(86(83)96)74-42-14-19-49-79(74)95(84)64-36-22-34-61(52-64)70-45-24-32-57-26-8-10-38-68(57)70/h1-55H. The minimum absolute atomic E-state index is 0.564. The molecule has 0 amide bonds. The smallest absolute Gasteiger partial charge is 0.164 e. The molecule has 0 fully saturated rings. The highest BCUT2D eigenvalue weighted by molar-refractivity contribution is 6.40. The Morgan fingerprint density at radius 2 is 0.479 bits per heavy atom. The third-order valence-corrected chi connectivity index (χ3v) is 19.7. The Morgan fingerprint density at radius 3 is 0.906 bits per heavy atom. The molecule has 20 aromatic rings. The Morgan fingerprint density at radius 1 is 0.188 bits per heavy atom. The van der Waals surface area contributed by atoms with Crippen LogP contribution in [0.4, 0.5) is 0 Å². The summed E-state index contributed by atoms with van der Waals surface area (Å²) in [5.74, 6) is 1.76. The average Bonchev–Trinajstić information content (AvgIpc) is 1.50. The third kappa shape index (κ3) is 8.17. The van der Waals surface area contributed by atoms with E-state index in [2.05, 4.69) is 316 Å². The van der Waals surface area contributed by atoms with Crippen LogP contribution in [0.1, 0.15) is 0 Å². The van der Waals surface area contributed by atoms with E-state index in [0.29, 0.717) is 17.5 Å². The van der Waals surface area contributed by atoms with E-state index in [-0.39, 0.29) is 0 Å². The number of rotatable bonds is 9. The number of para-hydroxylation sites is 5. The second-order valence-electron chi connectivity index (χ2n) is 25.0. The van der Waals surface area contributed by atoms with Crippen molar-refractivity contribution in [1.82, 2.24) is 33.2 Å². The number of aromatic nitrogens is 7. The van der Waals surface area contributed by atoms with E-state index in [9.17, 15) is 0 Å². The Bertz CT molecular complexity index is 6310. The first kappa shape index (κ1) is 53.7. The van der Waals surface area contributed by atoms with E-state index >= 15 is 0 Å². The molecule has 5 aromatic heterocycles. The largest absolute Gasteiger partial charge is 0.309 e. The van der Waals surface area contributed by atoms with Crippen LogP contribution >= 0.6 is 0 Å². The summed E-state index contributed by atoms with van der Waals surface area (Å²) >= 11 is 0. The lowest BCUT2D eigenvalue weighted by atomic mass is 9.98. The predicted molar refractivity (Wildman–Crippen MR) is 399 cm³/mol. The minimum atomic E-state index is 0.564. The van der Waals surface area contributed by atoms with E-state index in [0.717, 1.165) is 122 Å². The van der Waals surface area contributed by atoms with Crippen molar-refractivity contribution in [3.05, 3.63) is 334 Å². The predicted octanol–water partition coefficient (Wildman–Crippen LogP) is 22.9. The van der Waals surface area contributed by atoms with Crippen LogP contribution in [0.2, 0.25) is 0 Å². The van der Waals surface area contributed by atoms with Crippen molar-refractivity contribution >= 4 is 109 Å². The molecule has 5 heterocycles. The van der Waals surface area contributed by atoms with Crippen LogP contribution in [0.25, 0.3) is 188 Å². The molecule has 0 radical (unpaired) electrons. The van der Waals surface area contributed by atoms with Gasteiger partial charge < -0.3 is 18.3 Å². The first-order chi connectivity index (χ1) is 47.6. The Kier molecular flexibility index (Phi) is 11.9. The summed E-state index contributed by atoms with van der Waals surface area (Å²) in [7, 11) is 0. The second kappa shape index (κ2) is 21.3. The molecule has 0 aliphatic carbocycles. The molecular weight excluding hydrogens is 1170 g/mol. The van der Waals surface area contributed by atoms with Gasteiger partial charge in [0.1, 0.15) is 0 Å². The first-order valence-corrected chi connectivity index (χ1v) is 32.8. The van der Waals surface area contributed by atoms with Crippen molar-refractivity contribution < 1.29 is 0 Å². The quantitative estimate of drug-likeness (QED) is 0.145. The SMILES string of the molecule is c1ccc(-c2nc(-c3ccccc3)nc(-c3cc(-n4c5ccccc5c5ccccc54)cc(-n4c5ccccc5c5c6c(c7ccccc7n6-c6cccc(-c7cccc8ccccc78)c6)c6c(c7ccccc7n6-c6cccc(-c7cccc8ccccc78)c6)c54)c3)n2)cc1. The lowest BCUT2D eigenvalue weighted by molar-refractivity contribution is 1.07. The summed E-state index contributed by atoms with van der Waals surface area (Å²) in [6.45, 7) is 0. The number of nitrogens with zero attached hydrogens (tertiary/aromatic N) is 7. The summed E-state index contributed by atoms with van der Waals surface area (Å²) in [4.78, 5) is 16.2. The third-order valence-electron chi connectivity index (χ3n) is 19.7. The van der Waals surface area contributed by atoms with E-state index in [4.69, 9.17) is 15.0 Å². The molecule has 0 saturated carbocycles. The van der Waals surface area contributed by atoms with Gasteiger partial charge in [0.25, 0.3) is 0 Å². The summed E-state index contributed by atoms with van der Waals surface area (Å²) in [5, 5.41) is 14.1. The molecule has 0 atom stereocenters. The lowest BCUT2D eigenvalue weighted by Gasteiger charge is -2.17. The van der Waals surface area contributed by atoms with E-state index < -0.39 is 0 Å². The van der Waals surface area contributed by atoms with Crippen molar-refractivity contribution in [2.75, 3.05) is 0 Å². The van der Waals surface area contributed by atoms with Gasteiger partial charge in [-0.1, -0.05) is 261 Å². The molecule has 96 heavy (non-hydrogen) atoms. The molecule has 0 bridgehead atoms. The van der Waals surface area contributed by atoms with Gasteiger partial charge in [0, 0.05) is 82.5 Å². The molecule has 0 unspecified atom stereocenters. The molecule has 0 aliphatic rings. The van der Waals surface area contributed by atoms with Gasteiger partial charge >= 0.3 is 0 Å². The molecule has 0 saturated heterocycles. The zero-order valence-electron chi connectivity index (χ0n) is 51.9. The summed E-state index contributed by atoms with van der Waals surface area (Å²) < 4.78 is 10.1. The minimum Gasteiger partial charge on any atom is -0.309 e. The maximum Gasteiger partial charge on any atom is 0.164 e. The van der Waals surface area contributed by atoms with Crippen LogP contribution in [0.3, 0.4) is 0 Å². The molecule has 7 nitrogen and oxygen atoms in total. The molecule has 15 aromatic carbocycles. The van der Waals surface area contributed by atoms with E-state index in [1.165, 1.54) is 48.8 Å². The van der Waals surface area contributed by atoms with E-state index in [1.807, 2.05) is 36.4 Å². The Balaban J connectivity index is 0.968. The molecule has 0 aliphatic heterocycles. The van der Waals surface area contributed by atoms with Crippen LogP contribution in [0.5, 0.6) is 0 Å². The van der Waals surface area contributed by atoms with Crippen molar-refractivity contribution in [2.24, 2.45) is 0 Å². The molecule has 0 spiro atoms. The Labute approximate surface area is 551 Å². The highest BCUT2D eigenvalue weighted by Crippen LogP contribution is 2.51. The molecule has 0 N–H and O–H groups in total. The van der Waals surface area contributed by atoms with Crippen LogP contribution in [0, 0.1) is 0 Å². The number of fused-ring (bicyclic) bond motifs is 17. The molecule has 7 heteroatoms. The van der Waals surface area contributed by atoms with Gasteiger partial charge in [0.15, 0.2) is 17.5 Å². The lowest BCUT2D eigenvalue weighted by Crippen LogP contribution is -2.04. The van der Waals surface area contributed by atoms with Gasteiger partial charge in [0.05, 0.1) is 44.1 Å². The van der Waals surface area contributed by atoms with Crippen LogP contribution in [0.15, 0.2) is 334 Å². The fourth-order valence-corrected chi connectivity index (χ4v) is 15.7. The van der Waals surface area contributed by atoms with Gasteiger partial charge in [-0.05, 0) is 117 Å². The number of benzene rings is 15. The average molecular weight is 1220 g/mol. The van der Waals surface area contributed by atoms with Crippen LogP contribution < -0.4 is 0 Å². The second-order valence-corrected chi connectivity index (χ2v) is 25.0. The molecule has 446 valence electrons. The van der Waals surface area contributed by atoms with Gasteiger partial charge in [-0.2, -0.15) is 0 Å². The van der Waals surface area contributed by atoms with Crippen molar-refractivity contribution in [2.45, 2.75) is 0 Å². The number of hydrogen-bond acceptors (Lipinski definition) is 3. The van der Waals surface area contributed by atoms with Crippen molar-refractivity contribution in [3.8, 4) is 79.2 Å². The van der Waals surface area contributed by atoms with Gasteiger partial charge in [-0.3, -0.25) is 0 Å². The maximum atomic E-state index is 5.48. The van der Waals surface area contributed by atoms with Crippen molar-refractivity contribution in [1.29, 1.82) is 0 Å². The fraction of sp³-hybridized carbons (Fsp3) is 0. The number of hydrogen-bond donors (Lipinski definition) is 0. The molecule has 20 rings (SSSR count). The monoisotopic (exact) mass is 1220 g/mol. The Hall–Kier alpha value is -13.0. The summed E-state index contributed by atoms with van der Waals surface area (Å²) in [6, 6.07) is 121. The van der Waals surface area contributed by atoms with Crippen LogP contribution in [-0.4, -0.2) is 33.2 Å². The van der Waals surface area contributed by atoms with Gasteiger partial charge in [-0.25, -0.2) is 15.0 Å². The van der Waals surface area contributed by atoms with Crippen LogP contribution in [-0.2, 0) is 0 Å². The highest BCUT2D eigenvalue weighted by Gasteiger charge is 2.30. The molecular formula is C89H55N7. The van der Waals surface area contributed by atoms with Gasteiger partial charge in [0.2, 0.25) is 0 Å². The normalized spacial score (nSPS) is 12.0.